The summed E-state index contributed by atoms with van der Waals surface area (Å²) >= 11 is 0. The molecule has 2 aromatic carbocycles. The van der Waals surface area contributed by atoms with Gasteiger partial charge in [-0.05, 0) is 16.8 Å². The highest BCUT2D eigenvalue weighted by atomic mass is 19.3. The highest BCUT2D eigenvalue weighted by Crippen LogP contribution is 2.26. The summed E-state index contributed by atoms with van der Waals surface area (Å²) in [6.45, 7) is 0.595. The Morgan fingerprint density at radius 2 is 1.95 bits per heavy atom. The van der Waals surface area contributed by atoms with Gasteiger partial charge in [0.15, 0.2) is 0 Å². The Labute approximate surface area is 116 Å². The van der Waals surface area contributed by atoms with E-state index in [0.29, 0.717) is 13.1 Å². The van der Waals surface area contributed by atoms with Crippen molar-refractivity contribution < 1.29 is 18.6 Å². The van der Waals surface area contributed by atoms with Gasteiger partial charge in [-0.3, -0.25) is 0 Å². The van der Waals surface area contributed by atoms with Gasteiger partial charge in [-0.25, -0.2) is 8.78 Å². The van der Waals surface area contributed by atoms with Crippen molar-refractivity contribution in [1.29, 1.82) is 0 Å². The Morgan fingerprint density at radius 3 is 2.75 bits per heavy atom. The first-order valence-corrected chi connectivity index (χ1v) is 6.44. The minimum atomic E-state index is -2.43. The molecule has 0 amide bonds. The van der Waals surface area contributed by atoms with Crippen LogP contribution in [-0.4, -0.2) is 31.3 Å². The molecule has 2 rings (SSSR count). The second-order valence-corrected chi connectivity index (χ2v) is 4.43. The maximum Gasteiger partial charge on any atom is 0.261 e. The molecule has 2 aromatic rings. The van der Waals surface area contributed by atoms with Gasteiger partial charge in [0.2, 0.25) is 0 Å². The molecule has 0 atom stereocenters. The first-order chi connectivity index (χ1) is 9.68. The number of phenols is 1. The molecule has 20 heavy (non-hydrogen) atoms. The van der Waals surface area contributed by atoms with Gasteiger partial charge < -0.3 is 15.2 Å². The standard InChI is InChI=1S/C15H17F2NO2/c16-15(17)10-20-8-7-18-9-13-12-4-2-1-3-11(12)5-6-14(13)19/h1-6,15,18-19H,7-10H2. The number of nitrogens with one attached hydrogen (secondary N) is 1. The van der Waals surface area contributed by atoms with E-state index in [4.69, 9.17) is 4.74 Å². The molecule has 0 radical (unpaired) electrons. The third kappa shape index (κ3) is 3.88. The maximum absolute atomic E-state index is 11.9. The summed E-state index contributed by atoms with van der Waals surface area (Å²) in [5.74, 6) is 0.227. The number of rotatable bonds is 7. The molecule has 108 valence electrons. The normalized spacial score (nSPS) is 11.3. The smallest absolute Gasteiger partial charge is 0.261 e. The molecule has 0 saturated carbocycles. The lowest BCUT2D eigenvalue weighted by atomic mass is 10.0. The first-order valence-electron chi connectivity index (χ1n) is 6.44. The predicted molar refractivity (Wildman–Crippen MR) is 74.1 cm³/mol. The molecular weight excluding hydrogens is 264 g/mol. The Balaban J connectivity index is 1.91. The van der Waals surface area contributed by atoms with Gasteiger partial charge in [-0.1, -0.05) is 30.3 Å². The van der Waals surface area contributed by atoms with Gasteiger partial charge >= 0.3 is 0 Å². The van der Waals surface area contributed by atoms with Crippen LogP contribution in [0, 0.1) is 0 Å². The molecule has 0 fully saturated rings. The molecule has 0 spiro atoms. The number of benzene rings is 2. The average Bonchev–Trinajstić information content (AvgIpc) is 2.44. The van der Waals surface area contributed by atoms with E-state index in [-0.39, 0.29) is 12.4 Å². The van der Waals surface area contributed by atoms with E-state index in [1.54, 1.807) is 6.07 Å². The molecule has 0 bridgehead atoms. The number of alkyl halides is 2. The third-order valence-corrected chi connectivity index (χ3v) is 2.98. The number of halogens is 2. The minimum absolute atomic E-state index is 0.218. The highest BCUT2D eigenvalue weighted by molar-refractivity contribution is 5.87. The summed E-state index contributed by atoms with van der Waals surface area (Å²) < 4.78 is 28.5. The fourth-order valence-electron chi connectivity index (χ4n) is 2.04. The van der Waals surface area contributed by atoms with Crippen LogP contribution in [0.2, 0.25) is 0 Å². The van der Waals surface area contributed by atoms with E-state index in [1.165, 1.54) is 0 Å². The SMILES string of the molecule is Oc1ccc2ccccc2c1CNCCOCC(F)F. The lowest BCUT2D eigenvalue weighted by Crippen LogP contribution is -2.20. The van der Waals surface area contributed by atoms with Crippen LogP contribution in [0.5, 0.6) is 5.75 Å². The third-order valence-electron chi connectivity index (χ3n) is 2.98. The van der Waals surface area contributed by atoms with Crippen molar-refractivity contribution in [3.8, 4) is 5.75 Å². The zero-order chi connectivity index (χ0) is 14.4. The van der Waals surface area contributed by atoms with E-state index < -0.39 is 13.0 Å². The number of fused-ring (bicyclic) bond motifs is 1. The lowest BCUT2D eigenvalue weighted by molar-refractivity contribution is 0.0187. The van der Waals surface area contributed by atoms with Crippen molar-refractivity contribution in [2.75, 3.05) is 19.8 Å². The van der Waals surface area contributed by atoms with Crippen molar-refractivity contribution >= 4 is 10.8 Å². The molecule has 0 aliphatic rings. The van der Waals surface area contributed by atoms with Gasteiger partial charge in [0.25, 0.3) is 6.43 Å². The Hall–Kier alpha value is -1.72. The van der Waals surface area contributed by atoms with E-state index in [2.05, 4.69) is 5.32 Å². The molecule has 0 aliphatic carbocycles. The van der Waals surface area contributed by atoms with Crippen molar-refractivity contribution in [2.45, 2.75) is 13.0 Å². The molecule has 0 saturated heterocycles. The molecule has 0 aromatic heterocycles. The second-order valence-electron chi connectivity index (χ2n) is 4.43. The minimum Gasteiger partial charge on any atom is -0.508 e. The topological polar surface area (TPSA) is 41.5 Å². The number of phenolic OH excluding ortho intramolecular Hbond substituents is 1. The molecule has 0 heterocycles. The van der Waals surface area contributed by atoms with Crippen LogP contribution in [0.25, 0.3) is 10.8 Å². The van der Waals surface area contributed by atoms with Crippen molar-refractivity contribution in [2.24, 2.45) is 0 Å². The Kier molecular flexibility index (Phi) is 5.26. The van der Waals surface area contributed by atoms with E-state index in [9.17, 15) is 13.9 Å². The van der Waals surface area contributed by atoms with Crippen LogP contribution >= 0.6 is 0 Å². The van der Waals surface area contributed by atoms with Crippen LogP contribution in [0.15, 0.2) is 36.4 Å². The summed E-state index contributed by atoms with van der Waals surface area (Å²) in [6, 6.07) is 11.3. The van der Waals surface area contributed by atoms with Crippen LogP contribution in [0.1, 0.15) is 5.56 Å². The van der Waals surface area contributed by atoms with Crippen LogP contribution < -0.4 is 5.32 Å². The van der Waals surface area contributed by atoms with E-state index in [0.717, 1.165) is 16.3 Å². The molecule has 0 aliphatic heterocycles. The summed E-state index contributed by atoms with van der Waals surface area (Å²) in [7, 11) is 0. The lowest BCUT2D eigenvalue weighted by Gasteiger charge is -2.10. The van der Waals surface area contributed by atoms with Crippen molar-refractivity contribution in [3.63, 3.8) is 0 Å². The molecule has 2 N–H and O–H groups in total. The van der Waals surface area contributed by atoms with Crippen molar-refractivity contribution in [1.82, 2.24) is 5.32 Å². The number of aromatic hydroxyl groups is 1. The Morgan fingerprint density at radius 1 is 1.15 bits per heavy atom. The quantitative estimate of drug-likeness (QED) is 0.767. The van der Waals surface area contributed by atoms with Gasteiger partial charge in [0.1, 0.15) is 12.4 Å². The molecular formula is C15H17F2NO2. The van der Waals surface area contributed by atoms with Crippen molar-refractivity contribution in [3.05, 3.63) is 42.0 Å². The summed E-state index contributed by atoms with van der Waals surface area (Å²) in [4.78, 5) is 0. The Bertz CT molecular complexity index is 561. The predicted octanol–water partition coefficient (Wildman–Crippen LogP) is 2.92. The number of ether oxygens (including phenoxy) is 1. The van der Waals surface area contributed by atoms with Gasteiger partial charge in [0.05, 0.1) is 6.61 Å². The monoisotopic (exact) mass is 281 g/mol. The second kappa shape index (κ2) is 7.17. The molecule has 0 unspecified atom stereocenters. The molecule has 3 nitrogen and oxygen atoms in total. The first kappa shape index (κ1) is 14.7. The largest absolute Gasteiger partial charge is 0.508 e. The zero-order valence-electron chi connectivity index (χ0n) is 11.0. The maximum atomic E-state index is 11.9. The average molecular weight is 281 g/mol. The van der Waals surface area contributed by atoms with Crippen LogP contribution in [-0.2, 0) is 11.3 Å². The zero-order valence-corrected chi connectivity index (χ0v) is 11.0. The van der Waals surface area contributed by atoms with E-state index >= 15 is 0 Å². The fourth-order valence-corrected chi connectivity index (χ4v) is 2.04. The summed E-state index contributed by atoms with van der Waals surface area (Å²) in [6.07, 6.45) is -2.43. The number of hydrogen-bond donors (Lipinski definition) is 2. The molecule has 5 heteroatoms. The number of hydrogen-bond acceptors (Lipinski definition) is 3. The summed E-state index contributed by atoms with van der Waals surface area (Å²) in [5.41, 5.74) is 0.803. The van der Waals surface area contributed by atoms with Gasteiger partial charge in [-0.2, -0.15) is 0 Å². The fraction of sp³-hybridized carbons (Fsp3) is 0.333. The highest BCUT2D eigenvalue weighted by Gasteiger charge is 2.06. The summed E-state index contributed by atoms with van der Waals surface area (Å²) in [5, 5.41) is 15.0. The van der Waals surface area contributed by atoms with Crippen LogP contribution in [0.4, 0.5) is 8.78 Å². The van der Waals surface area contributed by atoms with Crippen LogP contribution in [0.3, 0.4) is 0 Å². The van der Waals surface area contributed by atoms with Gasteiger partial charge in [-0.15, -0.1) is 0 Å². The van der Waals surface area contributed by atoms with E-state index in [1.807, 2.05) is 30.3 Å². The van der Waals surface area contributed by atoms with Gasteiger partial charge in [0, 0.05) is 18.7 Å².